The maximum atomic E-state index is 13.4. The molecular formula is C44H26CuF12O6. The maximum absolute atomic E-state index is 13.4. The van der Waals surface area contributed by atoms with Crippen LogP contribution in [0.4, 0.5) is 52.7 Å². The molecule has 0 N–H and O–H groups in total. The number of hydrogen-bond donors (Lipinski definition) is 0. The van der Waals surface area contributed by atoms with Gasteiger partial charge in [-0.3, -0.25) is 9.59 Å². The fourth-order valence-electron chi connectivity index (χ4n) is 4.75. The predicted molar refractivity (Wildman–Crippen MR) is 196 cm³/mol. The van der Waals surface area contributed by atoms with Gasteiger partial charge >= 0.3 is 17.1 Å². The van der Waals surface area contributed by atoms with Gasteiger partial charge in [0.1, 0.15) is 81.3 Å². The summed E-state index contributed by atoms with van der Waals surface area (Å²) in [7, 11) is 3.32. The van der Waals surface area contributed by atoms with E-state index < -0.39 is 115 Å². The summed E-state index contributed by atoms with van der Waals surface area (Å²) >= 11 is 0. The molecule has 0 saturated heterocycles. The van der Waals surface area contributed by atoms with E-state index >= 15 is 0 Å². The number of ketones is 2. The number of ether oxygens (including phenoxy) is 2. The van der Waals surface area contributed by atoms with Crippen LogP contribution in [0.25, 0.3) is 11.5 Å². The van der Waals surface area contributed by atoms with E-state index in [-0.39, 0.29) is 77.8 Å². The number of para-hydroxylation sites is 2. The number of methoxy groups -OCH3 is 2. The maximum Gasteiger partial charge on any atom is 2.00 e. The molecule has 19 heteroatoms. The largest absolute Gasteiger partial charge is 2.00 e. The van der Waals surface area contributed by atoms with Gasteiger partial charge in [0.15, 0.2) is 11.6 Å². The average Bonchev–Trinajstić information content (AvgIpc) is 3.17. The van der Waals surface area contributed by atoms with E-state index in [0.717, 1.165) is 11.5 Å². The molecule has 0 amide bonds. The molecule has 6 rings (SSSR count). The molecule has 0 atom stereocenters. The molecule has 0 fully saturated rings. The Balaban J connectivity index is 0.000000318. The number of hydrogen-bond acceptors (Lipinski definition) is 6. The second kappa shape index (κ2) is 24.5. The van der Waals surface area contributed by atoms with Crippen LogP contribution in [-0.2, 0) is 17.1 Å². The zero-order chi connectivity index (χ0) is 46.3. The zero-order valence-corrected chi connectivity index (χ0v) is 32.8. The molecule has 0 aliphatic rings. The molecule has 6 nitrogen and oxygen atoms in total. The minimum Gasteiger partial charge on any atom is -0.872 e. The van der Waals surface area contributed by atoms with E-state index in [1.807, 2.05) is 60.7 Å². The molecule has 333 valence electrons. The molecule has 0 unspecified atom stereocenters. The fourth-order valence-corrected chi connectivity index (χ4v) is 4.75. The Morgan fingerprint density at radius 2 is 0.603 bits per heavy atom. The van der Waals surface area contributed by atoms with Gasteiger partial charge in [0.2, 0.25) is 0 Å². The van der Waals surface area contributed by atoms with Crippen molar-refractivity contribution in [2.24, 2.45) is 0 Å². The van der Waals surface area contributed by atoms with Gasteiger partial charge in [-0.15, -0.1) is 0 Å². The van der Waals surface area contributed by atoms with Gasteiger partial charge in [-0.2, -0.15) is 0 Å². The molecule has 0 bridgehead atoms. The van der Waals surface area contributed by atoms with Crippen LogP contribution in [-0.4, -0.2) is 25.8 Å². The molecule has 0 aliphatic heterocycles. The molecule has 0 aromatic heterocycles. The first-order chi connectivity index (χ1) is 29.3. The van der Waals surface area contributed by atoms with Crippen molar-refractivity contribution in [2.45, 2.75) is 0 Å². The summed E-state index contributed by atoms with van der Waals surface area (Å²) in [4.78, 5) is 23.3. The van der Waals surface area contributed by atoms with Crippen LogP contribution in [0.3, 0.4) is 0 Å². The normalized spacial score (nSPS) is 10.7. The molecule has 0 spiro atoms. The van der Waals surface area contributed by atoms with E-state index in [9.17, 15) is 72.5 Å². The van der Waals surface area contributed by atoms with Crippen molar-refractivity contribution in [2.75, 3.05) is 14.2 Å². The smallest absolute Gasteiger partial charge is 0.872 e. The van der Waals surface area contributed by atoms with Gasteiger partial charge in [-0.1, -0.05) is 47.9 Å². The summed E-state index contributed by atoms with van der Waals surface area (Å²) in [6.07, 6.45) is 0.0532. The summed E-state index contributed by atoms with van der Waals surface area (Å²) in [5, 5.41) is 23.3. The van der Waals surface area contributed by atoms with E-state index in [0.29, 0.717) is 0 Å². The number of carbonyl (C=O) groups excluding carboxylic acids is 2. The van der Waals surface area contributed by atoms with Crippen LogP contribution in [0.1, 0.15) is 31.8 Å². The van der Waals surface area contributed by atoms with Crippen molar-refractivity contribution < 1.29 is 99.0 Å². The summed E-state index contributed by atoms with van der Waals surface area (Å²) in [5.41, 5.74) is -5.05. The van der Waals surface area contributed by atoms with Crippen LogP contribution in [0.15, 0.2) is 121 Å². The first-order valence-corrected chi connectivity index (χ1v) is 16.9. The fraction of sp³-hybridized carbons (Fsp3) is 0.0455. The monoisotopic (exact) mass is 941 g/mol. The number of allylic oxidation sites excluding steroid dienone is 2. The summed E-state index contributed by atoms with van der Waals surface area (Å²) < 4.78 is 168. The summed E-state index contributed by atoms with van der Waals surface area (Å²) in [6, 6.07) is 21.0. The minimum atomic E-state index is -1.59. The number of rotatable bonds is 8. The van der Waals surface area contributed by atoms with Crippen molar-refractivity contribution >= 4 is 23.1 Å². The van der Waals surface area contributed by atoms with Gasteiger partial charge in [0, 0.05) is 59.7 Å². The summed E-state index contributed by atoms with van der Waals surface area (Å²) in [6.45, 7) is 0. The van der Waals surface area contributed by atoms with Gasteiger partial charge in [0.05, 0.1) is 25.3 Å². The number of carbonyl (C=O) groups is 2. The first kappa shape index (κ1) is 52.2. The number of halogens is 12. The SMILES string of the molecule is COc1ccccc1.COc1ccccc1.O=C(/C=C(\[O-])c1c(F)cc(F)cc1F)c1c(F)cc(F)cc1F.O=C(/C=C(\[O-])c1c(F)cc(F)cc1F)c1c(F)cc(F)cc1F.[Cu+2]. The Labute approximate surface area is 360 Å². The Bertz CT molecular complexity index is 2320. The predicted octanol–water partition coefficient (Wildman–Crippen LogP) is 9.60. The van der Waals surface area contributed by atoms with Gasteiger partial charge < -0.3 is 19.7 Å². The van der Waals surface area contributed by atoms with Crippen molar-refractivity contribution in [3.8, 4) is 11.5 Å². The van der Waals surface area contributed by atoms with Gasteiger partial charge in [-0.05, 0) is 36.4 Å². The molecule has 0 heterocycles. The second-order valence-corrected chi connectivity index (χ2v) is 11.8. The third kappa shape index (κ3) is 15.2. The van der Waals surface area contributed by atoms with Crippen molar-refractivity contribution in [1.29, 1.82) is 0 Å². The molecule has 6 aromatic carbocycles. The van der Waals surface area contributed by atoms with Crippen molar-refractivity contribution in [1.82, 2.24) is 0 Å². The van der Waals surface area contributed by atoms with E-state index in [2.05, 4.69) is 0 Å². The molecule has 0 saturated carbocycles. The third-order valence-corrected chi connectivity index (χ3v) is 7.50. The Hall–Kier alpha value is -6.98. The first-order valence-electron chi connectivity index (χ1n) is 16.9. The van der Waals surface area contributed by atoms with Crippen LogP contribution < -0.4 is 19.7 Å². The van der Waals surface area contributed by atoms with Crippen LogP contribution in [0, 0.1) is 69.8 Å². The van der Waals surface area contributed by atoms with E-state index in [1.54, 1.807) is 14.2 Å². The quantitative estimate of drug-likeness (QED) is 0.0496. The van der Waals surface area contributed by atoms with E-state index in [1.165, 1.54) is 0 Å². The number of benzene rings is 6. The Kier molecular flexibility index (Phi) is 20.2. The average molecular weight is 942 g/mol. The summed E-state index contributed by atoms with van der Waals surface area (Å²) in [5.74, 6) is -22.3. The van der Waals surface area contributed by atoms with Crippen LogP contribution >= 0.6 is 0 Å². The molecule has 6 aromatic rings. The molecule has 1 radical (unpaired) electrons. The van der Waals surface area contributed by atoms with Gasteiger partial charge in [-0.25, -0.2) is 52.7 Å². The molecular weight excluding hydrogens is 916 g/mol. The standard InChI is InChI=1S/2C15H6F6O2.2C7H8O.Cu/c2*16-6-1-8(18)14(9(19)2-6)12(22)5-13(23)15-10(20)3-7(17)4-11(15)21;2*1-8-7-5-3-2-4-6-7;/h2*1-5,22H;2*2-6H,1H3;/q;;;;+2/p-2/b2*12-5-;;;. The molecule has 63 heavy (non-hydrogen) atoms. The topological polar surface area (TPSA) is 98.7 Å². The third-order valence-electron chi connectivity index (χ3n) is 7.50. The van der Waals surface area contributed by atoms with Crippen molar-refractivity contribution in [3.05, 3.63) is 213 Å². The Morgan fingerprint density at radius 1 is 0.397 bits per heavy atom. The van der Waals surface area contributed by atoms with Crippen molar-refractivity contribution in [3.63, 3.8) is 0 Å². The van der Waals surface area contributed by atoms with Crippen LogP contribution in [0.5, 0.6) is 11.5 Å². The second-order valence-electron chi connectivity index (χ2n) is 11.8. The minimum absolute atomic E-state index is 0. The van der Waals surface area contributed by atoms with Gasteiger partial charge in [0.25, 0.3) is 0 Å². The zero-order valence-electron chi connectivity index (χ0n) is 31.8. The van der Waals surface area contributed by atoms with Crippen LogP contribution in [0.2, 0.25) is 0 Å². The Morgan fingerprint density at radius 3 is 0.794 bits per heavy atom. The molecule has 0 aliphatic carbocycles. The van der Waals surface area contributed by atoms with E-state index in [4.69, 9.17) is 9.47 Å².